The van der Waals surface area contributed by atoms with Crippen molar-refractivity contribution in [2.24, 2.45) is 5.92 Å². The number of rotatable bonds is 4. The van der Waals surface area contributed by atoms with Crippen LogP contribution in [-0.2, 0) is 9.59 Å². The van der Waals surface area contributed by atoms with Crippen molar-refractivity contribution in [2.75, 3.05) is 55.8 Å². The number of nitrogens with one attached hydrogen (secondary N) is 1. The highest BCUT2D eigenvalue weighted by atomic mass is 32.2. The highest BCUT2D eigenvalue weighted by Gasteiger charge is 2.35. The quantitative estimate of drug-likeness (QED) is 0.819. The molecule has 0 saturated carbocycles. The fraction of sp³-hybridized carbons (Fsp3) is 0.600. The van der Waals surface area contributed by atoms with Crippen LogP contribution in [0.25, 0.3) is 0 Å². The molecule has 0 spiro atoms. The molecule has 0 aromatic heterocycles. The van der Waals surface area contributed by atoms with Gasteiger partial charge in [-0.1, -0.05) is 0 Å². The molecule has 2 unspecified atom stereocenters. The Balaban J connectivity index is 1.22. The van der Waals surface area contributed by atoms with Gasteiger partial charge in [0.2, 0.25) is 11.8 Å². The van der Waals surface area contributed by atoms with Gasteiger partial charge in [-0.05, 0) is 43.1 Å². The first-order valence-corrected chi connectivity index (χ1v) is 11.1. The largest absolute Gasteiger partial charge is 0.368 e. The molecule has 0 bridgehead atoms. The molecule has 152 valence electrons. The number of benzene rings is 1. The second-order valence-corrected chi connectivity index (χ2v) is 8.82. The number of carbonyl (C=O) groups excluding carboxylic acids is 2. The van der Waals surface area contributed by atoms with Gasteiger partial charge in [0.25, 0.3) is 0 Å². The molecule has 3 aliphatic heterocycles. The van der Waals surface area contributed by atoms with E-state index in [9.17, 15) is 14.0 Å². The molecular formula is C20H27FN4O2S. The van der Waals surface area contributed by atoms with E-state index in [0.717, 1.165) is 49.9 Å². The maximum absolute atomic E-state index is 13.1. The number of halogens is 1. The van der Waals surface area contributed by atoms with Crippen molar-refractivity contribution in [3.63, 3.8) is 0 Å². The average Bonchev–Trinajstić information content (AvgIpc) is 3.40. The lowest BCUT2D eigenvalue weighted by molar-refractivity contribution is -0.133. The molecule has 6 nitrogen and oxygen atoms in total. The Morgan fingerprint density at radius 3 is 2.50 bits per heavy atom. The summed E-state index contributed by atoms with van der Waals surface area (Å²) in [4.78, 5) is 31.2. The Bertz CT molecular complexity index is 703. The minimum Gasteiger partial charge on any atom is -0.368 e. The number of piperazine rings is 1. The van der Waals surface area contributed by atoms with Crippen LogP contribution in [0.1, 0.15) is 12.8 Å². The first kappa shape index (κ1) is 19.5. The standard InChI is InChI=1S/C20H27FN4O2S/c21-16-1-3-17(4-2-16)23-5-7-24(8-6-23)19(26)12-15-11-18(22-13-15)20(27)25-9-10-28-14-25/h1-4,15,18,22H,5-14H2. The van der Waals surface area contributed by atoms with Crippen LogP contribution in [0.4, 0.5) is 10.1 Å². The van der Waals surface area contributed by atoms with Gasteiger partial charge < -0.3 is 20.0 Å². The van der Waals surface area contributed by atoms with Gasteiger partial charge in [-0.15, -0.1) is 11.8 Å². The summed E-state index contributed by atoms with van der Waals surface area (Å²) in [6, 6.07) is 6.38. The average molecular weight is 407 g/mol. The maximum Gasteiger partial charge on any atom is 0.240 e. The van der Waals surface area contributed by atoms with Gasteiger partial charge in [0.15, 0.2) is 0 Å². The Hall–Kier alpha value is -1.80. The van der Waals surface area contributed by atoms with E-state index in [1.165, 1.54) is 12.1 Å². The third-order valence-electron chi connectivity index (χ3n) is 5.87. The minimum absolute atomic E-state index is 0.133. The molecule has 3 aliphatic rings. The molecule has 0 aliphatic carbocycles. The summed E-state index contributed by atoms with van der Waals surface area (Å²) >= 11 is 1.79. The van der Waals surface area contributed by atoms with Crippen LogP contribution in [-0.4, -0.2) is 78.6 Å². The van der Waals surface area contributed by atoms with E-state index in [1.807, 2.05) is 9.80 Å². The molecular weight excluding hydrogens is 379 g/mol. The van der Waals surface area contributed by atoms with E-state index in [0.29, 0.717) is 19.5 Å². The Labute approximate surface area is 169 Å². The maximum atomic E-state index is 13.1. The molecule has 4 rings (SSSR count). The number of nitrogens with zero attached hydrogens (tertiary/aromatic N) is 3. The van der Waals surface area contributed by atoms with E-state index in [2.05, 4.69) is 10.2 Å². The number of anilines is 1. The number of hydrogen-bond acceptors (Lipinski definition) is 5. The Kier molecular flexibility index (Phi) is 6.06. The fourth-order valence-corrected chi connectivity index (χ4v) is 5.16. The summed E-state index contributed by atoms with van der Waals surface area (Å²) in [7, 11) is 0. The van der Waals surface area contributed by atoms with Crippen molar-refractivity contribution < 1.29 is 14.0 Å². The van der Waals surface area contributed by atoms with Crippen molar-refractivity contribution in [1.82, 2.24) is 15.1 Å². The number of carbonyl (C=O) groups is 2. The van der Waals surface area contributed by atoms with Crippen molar-refractivity contribution >= 4 is 29.3 Å². The Morgan fingerprint density at radius 1 is 1.07 bits per heavy atom. The van der Waals surface area contributed by atoms with Crippen LogP contribution < -0.4 is 10.2 Å². The van der Waals surface area contributed by atoms with Crippen molar-refractivity contribution in [3.8, 4) is 0 Å². The van der Waals surface area contributed by atoms with E-state index in [-0.39, 0.29) is 29.6 Å². The van der Waals surface area contributed by atoms with Gasteiger partial charge >= 0.3 is 0 Å². The summed E-state index contributed by atoms with van der Waals surface area (Å²) in [5.74, 6) is 2.17. The highest BCUT2D eigenvalue weighted by molar-refractivity contribution is 7.99. The summed E-state index contributed by atoms with van der Waals surface area (Å²) in [5, 5.41) is 3.31. The summed E-state index contributed by atoms with van der Waals surface area (Å²) < 4.78 is 13.1. The van der Waals surface area contributed by atoms with Gasteiger partial charge in [0.05, 0.1) is 11.9 Å². The van der Waals surface area contributed by atoms with Crippen LogP contribution in [0.3, 0.4) is 0 Å². The molecule has 1 N–H and O–H groups in total. The SMILES string of the molecule is O=C(CC1CNC(C(=O)N2CCSC2)C1)N1CCN(c2ccc(F)cc2)CC1. The van der Waals surface area contributed by atoms with Gasteiger partial charge in [0, 0.05) is 50.6 Å². The zero-order chi connectivity index (χ0) is 19.5. The van der Waals surface area contributed by atoms with Gasteiger partial charge in [0.1, 0.15) is 5.82 Å². The molecule has 1 aromatic rings. The number of thioether (sulfide) groups is 1. The number of hydrogen-bond donors (Lipinski definition) is 1. The smallest absolute Gasteiger partial charge is 0.240 e. The molecule has 3 fully saturated rings. The van der Waals surface area contributed by atoms with Crippen LogP contribution in [0, 0.1) is 11.7 Å². The minimum atomic E-state index is -0.233. The molecule has 8 heteroatoms. The Morgan fingerprint density at radius 2 is 1.82 bits per heavy atom. The van der Waals surface area contributed by atoms with E-state index in [4.69, 9.17) is 0 Å². The van der Waals surface area contributed by atoms with Crippen LogP contribution in [0.2, 0.25) is 0 Å². The number of amides is 2. The van der Waals surface area contributed by atoms with Crippen LogP contribution in [0.15, 0.2) is 24.3 Å². The van der Waals surface area contributed by atoms with Crippen molar-refractivity contribution in [2.45, 2.75) is 18.9 Å². The third-order valence-corrected chi connectivity index (χ3v) is 6.84. The van der Waals surface area contributed by atoms with Gasteiger partial charge in [-0.3, -0.25) is 9.59 Å². The second-order valence-electron chi connectivity index (χ2n) is 7.75. The lowest BCUT2D eigenvalue weighted by Crippen LogP contribution is -2.49. The van der Waals surface area contributed by atoms with Crippen LogP contribution >= 0.6 is 11.8 Å². The molecule has 28 heavy (non-hydrogen) atoms. The first-order valence-electron chi connectivity index (χ1n) is 9.98. The molecule has 3 heterocycles. The lowest BCUT2D eigenvalue weighted by Gasteiger charge is -2.36. The summed E-state index contributed by atoms with van der Waals surface area (Å²) in [6.45, 7) is 4.46. The van der Waals surface area contributed by atoms with Gasteiger partial charge in [-0.2, -0.15) is 0 Å². The van der Waals surface area contributed by atoms with E-state index in [1.54, 1.807) is 23.9 Å². The lowest BCUT2D eigenvalue weighted by atomic mass is 10.00. The van der Waals surface area contributed by atoms with E-state index >= 15 is 0 Å². The van der Waals surface area contributed by atoms with Crippen molar-refractivity contribution in [1.29, 1.82) is 0 Å². The third kappa shape index (κ3) is 4.43. The predicted octanol–water partition coefficient (Wildman–Crippen LogP) is 1.38. The molecule has 2 atom stereocenters. The molecule has 3 saturated heterocycles. The van der Waals surface area contributed by atoms with Crippen molar-refractivity contribution in [3.05, 3.63) is 30.1 Å². The zero-order valence-corrected chi connectivity index (χ0v) is 16.8. The summed E-state index contributed by atoms with van der Waals surface area (Å²) in [5.41, 5.74) is 0.995. The molecule has 2 amide bonds. The monoisotopic (exact) mass is 406 g/mol. The topological polar surface area (TPSA) is 55.9 Å². The predicted molar refractivity (Wildman–Crippen MR) is 109 cm³/mol. The first-order chi connectivity index (χ1) is 13.6. The van der Waals surface area contributed by atoms with Crippen LogP contribution in [0.5, 0.6) is 0 Å². The second kappa shape index (κ2) is 8.69. The highest BCUT2D eigenvalue weighted by Crippen LogP contribution is 2.23. The zero-order valence-electron chi connectivity index (χ0n) is 16.0. The summed E-state index contributed by atoms with van der Waals surface area (Å²) in [6.07, 6.45) is 1.25. The normalized spacial score (nSPS) is 25.4. The van der Waals surface area contributed by atoms with Gasteiger partial charge in [-0.25, -0.2) is 4.39 Å². The molecule has 0 radical (unpaired) electrons. The molecule has 1 aromatic carbocycles. The fourth-order valence-electron chi connectivity index (χ4n) is 4.20. The van der Waals surface area contributed by atoms with E-state index < -0.39 is 0 Å².